The number of hydrogen-bond acceptors (Lipinski definition) is 7. The van der Waals surface area contributed by atoms with Crippen LogP contribution in [0.2, 0.25) is 0 Å². The van der Waals surface area contributed by atoms with E-state index >= 15 is 0 Å². The number of aromatic nitrogens is 2. The van der Waals surface area contributed by atoms with E-state index in [2.05, 4.69) is 16.5 Å². The lowest BCUT2D eigenvalue weighted by Gasteiger charge is -2.34. The number of benzene rings is 2. The summed E-state index contributed by atoms with van der Waals surface area (Å²) in [5, 5.41) is 9.07. The predicted octanol–water partition coefficient (Wildman–Crippen LogP) is 10.1. The van der Waals surface area contributed by atoms with Crippen LogP contribution in [0.15, 0.2) is 91.8 Å². The van der Waals surface area contributed by atoms with Crippen LogP contribution in [0.1, 0.15) is 91.5 Å². The minimum Gasteiger partial charge on any atom is -0.443 e. The van der Waals surface area contributed by atoms with E-state index in [1.54, 1.807) is 54.9 Å². The van der Waals surface area contributed by atoms with Gasteiger partial charge in [0.05, 0.1) is 0 Å². The quantitative estimate of drug-likeness (QED) is 0.162. The number of carbonyl (C=O) groups excluding carboxylic acids is 2. The normalized spacial score (nSPS) is 11.9. The second kappa shape index (κ2) is 18.4. The molecule has 2 aromatic heterocycles. The predicted molar refractivity (Wildman–Crippen MR) is 215 cm³/mol. The first kappa shape index (κ1) is 44.2. The molecule has 0 unspecified atom stereocenters. The van der Waals surface area contributed by atoms with E-state index in [0.717, 1.165) is 22.3 Å². The van der Waals surface area contributed by atoms with Gasteiger partial charge in [0, 0.05) is 42.9 Å². The lowest BCUT2D eigenvalue weighted by Crippen LogP contribution is -2.44. The first-order valence-electron chi connectivity index (χ1n) is 18.2. The molecule has 55 heavy (non-hydrogen) atoms. The second-order valence-corrected chi connectivity index (χ2v) is 16.6. The number of aliphatic hydroxyl groups excluding tert-OH is 1. The summed E-state index contributed by atoms with van der Waals surface area (Å²) in [7, 11) is 0. The maximum Gasteiger partial charge on any atom is 0.416 e. The van der Waals surface area contributed by atoms with Gasteiger partial charge in [-0.3, -0.25) is 9.80 Å². The summed E-state index contributed by atoms with van der Waals surface area (Å²) < 4.78 is 37.7. The molecule has 2 heterocycles. The van der Waals surface area contributed by atoms with E-state index in [0.29, 0.717) is 31.1 Å². The van der Waals surface area contributed by atoms with Crippen molar-refractivity contribution in [3.63, 3.8) is 0 Å². The van der Waals surface area contributed by atoms with Gasteiger partial charge in [0.15, 0.2) is 0 Å². The van der Waals surface area contributed by atoms with Crippen molar-refractivity contribution in [1.82, 2.24) is 9.97 Å². The molecular weight excluding hydrogens is 703 g/mol. The monoisotopic (exact) mass is 758 g/mol. The Balaban J connectivity index is 0.000000296. The van der Waals surface area contributed by atoms with Crippen LogP contribution in [0.3, 0.4) is 0 Å². The third-order valence-electron chi connectivity index (χ3n) is 8.36. The van der Waals surface area contributed by atoms with Gasteiger partial charge in [0.25, 0.3) is 0 Å². The maximum atomic E-state index is 13.3. The highest BCUT2D eigenvalue weighted by molar-refractivity contribution is 5.87. The first-order chi connectivity index (χ1) is 25.5. The number of rotatable bonds is 11. The van der Waals surface area contributed by atoms with Crippen LogP contribution in [0.4, 0.5) is 30.0 Å². The van der Waals surface area contributed by atoms with Crippen LogP contribution in [0.5, 0.6) is 0 Å². The van der Waals surface area contributed by atoms with Crippen molar-refractivity contribution in [1.29, 1.82) is 0 Å². The van der Waals surface area contributed by atoms with Crippen molar-refractivity contribution in [2.75, 3.05) is 29.5 Å². The molecule has 0 radical (unpaired) electrons. The van der Waals surface area contributed by atoms with Gasteiger partial charge in [-0.2, -0.15) is 0 Å². The fourth-order valence-electron chi connectivity index (χ4n) is 5.42. The number of halogens is 2. The smallest absolute Gasteiger partial charge is 0.416 e. The second-order valence-electron chi connectivity index (χ2n) is 16.6. The number of pyridine rings is 2. The van der Waals surface area contributed by atoms with Crippen LogP contribution < -0.4 is 9.80 Å². The number of aliphatic hydroxyl groups is 1. The molecule has 0 fully saturated rings. The van der Waals surface area contributed by atoms with Crippen LogP contribution in [0.25, 0.3) is 6.08 Å². The molecule has 4 aromatic rings. The average molecular weight is 759 g/mol. The van der Waals surface area contributed by atoms with E-state index in [1.807, 2.05) is 81.4 Å². The van der Waals surface area contributed by atoms with E-state index in [-0.39, 0.29) is 18.2 Å². The highest BCUT2D eigenvalue weighted by Crippen LogP contribution is 2.30. The Kier molecular flexibility index (Phi) is 14.8. The fraction of sp³-hybridized carbons (Fsp3) is 0.409. The Morgan fingerprint density at radius 2 is 1.05 bits per heavy atom. The van der Waals surface area contributed by atoms with Crippen molar-refractivity contribution in [3.05, 3.63) is 126 Å². The van der Waals surface area contributed by atoms with Crippen LogP contribution in [-0.4, -0.2) is 58.2 Å². The molecule has 2 amide bonds. The van der Waals surface area contributed by atoms with E-state index < -0.39 is 34.2 Å². The van der Waals surface area contributed by atoms with Gasteiger partial charge < -0.3 is 14.6 Å². The molecule has 2 aromatic carbocycles. The van der Waals surface area contributed by atoms with E-state index in [9.17, 15) is 18.4 Å². The molecule has 0 aliphatic carbocycles. The van der Waals surface area contributed by atoms with Gasteiger partial charge in [0.2, 0.25) is 0 Å². The molecule has 0 saturated heterocycles. The molecular formula is C44H56F2N4O5. The van der Waals surface area contributed by atoms with Gasteiger partial charge in [-0.1, -0.05) is 70.7 Å². The molecule has 4 rings (SSSR count). The molecule has 11 heteroatoms. The number of hydrogen-bond donors (Lipinski definition) is 1. The molecule has 296 valence electrons. The summed E-state index contributed by atoms with van der Waals surface area (Å²) in [4.78, 5) is 37.6. The van der Waals surface area contributed by atoms with Crippen molar-refractivity contribution in [2.24, 2.45) is 0 Å². The zero-order valence-electron chi connectivity index (χ0n) is 33.8. The van der Waals surface area contributed by atoms with E-state index in [1.165, 1.54) is 34.1 Å². The summed E-state index contributed by atoms with van der Waals surface area (Å²) >= 11 is 0. The minimum atomic E-state index is -0.647. The summed E-state index contributed by atoms with van der Waals surface area (Å²) in [6.45, 7) is 23.2. The molecule has 0 aliphatic heterocycles. The fourth-order valence-corrected chi connectivity index (χ4v) is 5.42. The average Bonchev–Trinajstić information content (AvgIpc) is 3.09. The number of nitrogens with zero attached hydrogens (tertiary/aromatic N) is 4. The summed E-state index contributed by atoms with van der Waals surface area (Å²) in [5.41, 5.74) is 1.38. The largest absolute Gasteiger partial charge is 0.443 e. The van der Waals surface area contributed by atoms with Gasteiger partial charge in [0.1, 0.15) is 34.5 Å². The topological polar surface area (TPSA) is 105 Å². The van der Waals surface area contributed by atoms with Crippen LogP contribution in [0, 0.1) is 11.6 Å². The third-order valence-corrected chi connectivity index (χ3v) is 8.36. The number of anilines is 2. The summed E-state index contributed by atoms with van der Waals surface area (Å²) in [5.74, 6) is 0.362. The highest BCUT2D eigenvalue weighted by Gasteiger charge is 2.33. The molecule has 0 atom stereocenters. The molecule has 0 saturated carbocycles. The Labute approximate surface area is 325 Å². The third kappa shape index (κ3) is 13.9. The zero-order valence-corrected chi connectivity index (χ0v) is 33.8. The Morgan fingerprint density at radius 1 is 0.655 bits per heavy atom. The van der Waals surface area contributed by atoms with Gasteiger partial charge in [-0.05, 0) is 113 Å². The van der Waals surface area contributed by atoms with Gasteiger partial charge >= 0.3 is 12.2 Å². The van der Waals surface area contributed by atoms with Crippen molar-refractivity contribution >= 4 is 29.9 Å². The molecule has 1 N–H and O–H groups in total. The van der Waals surface area contributed by atoms with E-state index in [4.69, 9.17) is 14.6 Å². The van der Waals surface area contributed by atoms with Crippen molar-refractivity contribution in [2.45, 2.75) is 97.7 Å². The molecule has 0 spiro atoms. The Hall–Kier alpha value is -5.16. The summed E-state index contributed by atoms with van der Waals surface area (Å²) in [6.07, 6.45) is 4.53. The Morgan fingerprint density at radius 3 is 1.36 bits per heavy atom. The van der Waals surface area contributed by atoms with Gasteiger partial charge in [-0.25, -0.2) is 28.3 Å². The SMILES string of the molecule is C=Cc1ccc(N(CC(C)(C)c2ccc(F)cc2)C(=O)OC(C)(C)C)nc1.CC(C)(C)OC(=O)N(CC(C)(C)c1ccc(F)cc1)c1ccc(CCO)cn1. The zero-order chi connectivity index (χ0) is 41.2. The molecule has 0 bridgehead atoms. The Bertz CT molecular complexity index is 1850. The lowest BCUT2D eigenvalue weighted by molar-refractivity contribution is 0.0561. The number of amides is 2. The maximum absolute atomic E-state index is 13.3. The van der Waals surface area contributed by atoms with Crippen molar-refractivity contribution < 1.29 is 33.0 Å². The lowest BCUT2D eigenvalue weighted by atomic mass is 9.84. The molecule has 9 nitrogen and oxygen atoms in total. The highest BCUT2D eigenvalue weighted by atomic mass is 19.1. The minimum absolute atomic E-state index is 0.0361. The van der Waals surface area contributed by atoms with Crippen molar-refractivity contribution in [3.8, 4) is 0 Å². The van der Waals surface area contributed by atoms with Crippen LogP contribution >= 0.6 is 0 Å². The molecule has 0 aliphatic rings. The summed E-state index contributed by atoms with van der Waals surface area (Å²) in [6, 6.07) is 19.8. The van der Waals surface area contributed by atoms with Crippen LogP contribution in [-0.2, 0) is 26.7 Å². The number of carbonyl (C=O) groups is 2. The first-order valence-corrected chi connectivity index (χ1v) is 18.2. The number of ether oxygens (including phenoxy) is 2. The van der Waals surface area contributed by atoms with Gasteiger partial charge in [-0.15, -0.1) is 0 Å². The standard InChI is InChI=1S/C22H29FN2O3.C22H27FN2O2/c1-21(2,3)28-20(27)25(19-11-6-16(12-13-26)14-24-19)15-22(4,5)17-7-9-18(23)10-8-17;1-7-16-8-13-19(24-14-16)25(20(26)27-21(2,3)4)15-22(5,6)17-9-11-18(23)12-10-17/h6-11,14,26H,12-13,15H2,1-5H3;7-14H,1,15H2,2-6H3.